The lowest BCUT2D eigenvalue weighted by Crippen LogP contribution is -2.48. The molecule has 2 aromatic rings. The van der Waals surface area contributed by atoms with Gasteiger partial charge in [0, 0.05) is 18.9 Å². The molecule has 20 heavy (non-hydrogen) atoms. The molecule has 0 bridgehead atoms. The molecule has 3 rings (SSSR count). The first-order valence-corrected chi connectivity index (χ1v) is 6.61. The molecule has 0 radical (unpaired) electrons. The number of benzene rings is 1. The van der Waals surface area contributed by atoms with Crippen molar-refractivity contribution >= 4 is 0 Å². The van der Waals surface area contributed by atoms with Crippen molar-refractivity contribution in [2.75, 3.05) is 13.2 Å². The molecule has 1 unspecified atom stereocenters. The van der Waals surface area contributed by atoms with Crippen LogP contribution in [0.2, 0.25) is 0 Å². The Labute approximate surface area is 116 Å². The molecule has 0 amide bonds. The van der Waals surface area contributed by atoms with Crippen molar-refractivity contribution in [2.45, 2.75) is 25.4 Å². The van der Waals surface area contributed by atoms with Crippen LogP contribution < -0.4 is 10.1 Å². The molecule has 106 valence electrons. The maximum Gasteiger partial charge on any atom is 0.223 e. The molecule has 0 saturated carbocycles. The van der Waals surface area contributed by atoms with Gasteiger partial charge in [-0.25, -0.2) is 0 Å². The molecule has 1 aliphatic rings. The lowest BCUT2D eigenvalue weighted by atomic mass is 9.85. The average molecular weight is 275 g/mol. The summed E-state index contributed by atoms with van der Waals surface area (Å²) in [5, 5.41) is 17.1. The Balaban J connectivity index is 1.85. The molecule has 0 fully saturated rings. The van der Waals surface area contributed by atoms with E-state index in [0.717, 1.165) is 11.3 Å². The fourth-order valence-corrected chi connectivity index (χ4v) is 2.52. The molecular weight excluding hydrogens is 258 g/mol. The van der Waals surface area contributed by atoms with Gasteiger partial charge in [0.2, 0.25) is 5.89 Å². The Morgan fingerprint density at radius 2 is 2.25 bits per heavy atom. The third-order valence-electron chi connectivity index (χ3n) is 3.61. The van der Waals surface area contributed by atoms with E-state index in [4.69, 9.17) is 9.26 Å². The Morgan fingerprint density at radius 3 is 3.00 bits per heavy atom. The van der Waals surface area contributed by atoms with Crippen LogP contribution in [0.4, 0.5) is 0 Å². The van der Waals surface area contributed by atoms with Gasteiger partial charge in [-0.05, 0) is 6.07 Å². The highest BCUT2D eigenvalue weighted by Gasteiger charge is 2.37. The SMILES string of the molecule is Cc1nc(CNC2(CO)CCOc3ccccc32)no1. The first-order chi connectivity index (χ1) is 9.73. The Kier molecular flexibility index (Phi) is 3.42. The maximum atomic E-state index is 9.89. The number of aliphatic hydroxyl groups excluding tert-OH is 1. The Hall–Kier alpha value is -1.92. The second-order valence-electron chi connectivity index (χ2n) is 4.92. The number of aryl methyl sites for hydroxylation is 1. The molecule has 0 aliphatic carbocycles. The molecule has 6 nitrogen and oxygen atoms in total. The summed E-state index contributed by atoms with van der Waals surface area (Å²) < 4.78 is 10.6. The molecule has 1 aromatic heterocycles. The van der Waals surface area contributed by atoms with Crippen LogP contribution in [0.5, 0.6) is 5.75 Å². The van der Waals surface area contributed by atoms with Crippen molar-refractivity contribution in [3.05, 3.63) is 41.5 Å². The zero-order chi connectivity index (χ0) is 14.0. The minimum atomic E-state index is -0.524. The quantitative estimate of drug-likeness (QED) is 0.871. The monoisotopic (exact) mass is 275 g/mol. The lowest BCUT2D eigenvalue weighted by molar-refractivity contribution is 0.105. The highest BCUT2D eigenvalue weighted by molar-refractivity contribution is 5.41. The molecule has 1 atom stereocenters. The lowest BCUT2D eigenvalue weighted by Gasteiger charge is -2.38. The van der Waals surface area contributed by atoms with Gasteiger partial charge in [0.25, 0.3) is 0 Å². The number of hydrogen-bond donors (Lipinski definition) is 2. The minimum absolute atomic E-state index is 0.00972. The maximum absolute atomic E-state index is 9.89. The Bertz CT molecular complexity index is 599. The van der Waals surface area contributed by atoms with E-state index < -0.39 is 5.54 Å². The molecular formula is C14H17N3O3. The van der Waals surface area contributed by atoms with Crippen LogP contribution in [0.25, 0.3) is 0 Å². The third-order valence-corrected chi connectivity index (χ3v) is 3.61. The van der Waals surface area contributed by atoms with Crippen molar-refractivity contribution in [2.24, 2.45) is 0 Å². The normalized spacial score (nSPS) is 21.3. The van der Waals surface area contributed by atoms with Crippen LogP contribution in [0, 0.1) is 6.92 Å². The third kappa shape index (κ3) is 2.28. The fraction of sp³-hybridized carbons (Fsp3) is 0.429. The van der Waals surface area contributed by atoms with Gasteiger partial charge in [0.15, 0.2) is 5.82 Å². The second-order valence-corrected chi connectivity index (χ2v) is 4.92. The summed E-state index contributed by atoms with van der Waals surface area (Å²) in [6.45, 7) is 2.74. The van der Waals surface area contributed by atoms with Crippen molar-refractivity contribution in [3.8, 4) is 5.75 Å². The van der Waals surface area contributed by atoms with Gasteiger partial charge < -0.3 is 14.4 Å². The molecule has 0 saturated heterocycles. The number of ether oxygens (including phenoxy) is 1. The van der Waals surface area contributed by atoms with Gasteiger partial charge in [0.1, 0.15) is 5.75 Å². The zero-order valence-electron chi connectivity index (χ0n) is 11.3. The average Bonchev–Trinajstić information content (AvgIpc) is 2.91. The van der Waals surface area contributed by atoms with Gasteiger partial charge in [-0.1, -0.05) is 23.4 Å². The van der Waals surface area contributed by atoms with Crippen molar-refractivity contribution in [3.63, 3.8) is 0 Å². The number of aromatic nitrogens is 2. The van der Waals surface area contributed by atoms with Crippen LogP contribution in [-0.2, 0) is 12.1 Å². The first-order valence-electron chi connectivity index (χ1n) is 6.61. The number of rotatable bonds is 4. The van der Waals surface area contributed by atoms with E-state index in [-0.39, 0.29) is 6.61 Å². The molecule has 2 N–H and O–H groups in total. The van der Waals surface area contributed by atoms with E-state index in [1.54, 1.807) is 6.92 Å². The summed E-state index contributed by atoms with van der Waals surface area (Å²) in [5.74, 6) is 1.93. The van der Waals surface area contributed by atoms with Crippen LogP contribution in [0.15, 0.2) is 28.8 Å². The van der Waals surface area contributed by atoms with Crippen LogP contribution in [-0.4, -0.2) is 28.5 Å². The van der Waals surface area contributed by atoms with Gasteiger partial charge in [-0.3, -0.25) is 5.32 Å². The molecule has 0 spiro atoms. The van der Waals surface area contributed by atoms with E-state index in [2.05, 4.69) is 15.5 Å². The van der Waals surface area contributed by atoms with E-state index in [9.17, 15) is 5.11 Å². The van der Waals surface area contributed by atoms with Crippen LogP contribution in [0.1, 0.15) is 23.7 Å². The largest absolute Gasteiger partial charge is 0.493 e. The topological polar surface area (TPSA) is 80.4 Å². The smallest absolute Gasteiger partial charge is 0.223 e. The number of nitrogens with one attached hydrogen (secondary N) is 1. The number of fused-ring (bicyclic) bond motifs is 1. The second kappa shape index (κ2) is 5.22. The number of hydrogen-bond acceptors (Lipinski definition) is 6. The van der Waals surface area contributed by atoms with Crippen LogP contribution in [0.3, 0.4) is 0 Å². The number of para-hydroxylation sites is 1. The van der Waals surface area contributed by atoms with Crippen LogP contribution >= 0.6 is 0 Å². The standard InChI is InChI=1S/C14H17N3O3/c1-10-16-13(17-20-10)8-15-14(9-18)6-7-19-12-5-3-2-4-11(12)14/h2-5,15,18H,6-9H2,1H3. The van der Waals surface area contributed by atoms with Crippen molar-refractivity contribution in [1.82, 2.24) is 15.5 Å². The van der Waals surface area contributed by atoms with Gasteiger partial charge >= 0.3 is 0 Å². The summed E-state index contributed by atoms with van der Waals surface area (Å²) in [4.78, 5) is 4.16. The van der Waals surface area contributed by atoms with E-state index >= 15 is 0 Å². The molecule has 2 heterocycles. The fourth-order valence-electron chi connectivity index (χ4n) is 2.52. The molecule has 1 aromatic carbocycles. The van der Waals surface area contributed by atoms with Gasteiger partial charge in [-0.15, -0.1) is 0 Å². The molecule has 6 heteroatoms. The summed E-state index contributed by atoms with van der Waals surface area (Å²) in [5.41, 5.74) is 0.442. The number of aliphatic hydroxyl groups is 1. The van der Waals surface area contributed by atoms with Crippen molar-refractivity contribution < 1.29 is 14.4 Å². The number of nitrogens with zero attached hydrogens (tertiary/aromatic N) is 2. The summed E-state index contributed by atoms with van der Waals surface area (Å²) in [6.07, 6.45) is 0.692. The molecule has 1 aliphatic heterocycles. The van der Waals surface area contributed by atoms with E-state index in [1.807, 2.05) is 24.3 Å². The Morgan fingerprint density at radius 1 is 1.40 bits per heavy atom. The summed E-state index contributed by atoms with van der Waals surface area (Å²) >= 11 is 0. The summed E-state index contributed by atoms with van der Waals surface area (Å²) in [6, 6.07) is 7.76. The van der Waals surface area contributed by atoms with Gasteiger partial charge in [0.05, 0.1) is 25.3 Å². The first kappa shape index (κ1) is 13.1. The summed E-state index contributed by atoms with van der Waals surface area (Å²) in [7, 11) is 0. The predicted octanol–water partition coefficient (Wildman–Crippen LogP) is 1.14. The highest BCUT2D eigenvalue weighted by Crippen LogP contribution is 2.36. The minimum Gasteiger partial charge on any atom is -0.493 e. The zero-order valence-corrected chi connectivity index (χ0v) is 11.3. The van der Waals surface area contributed by atoms with Crippen molar-refractivity contribution in [1.29, 1.82) is 0 Å². The predicted molar refractivity (Wildman–Crippen MR) is 71.2 cm³/mol. The van der Waals surface area contributed by atoms with E-state index in [0.29, 0.717) is 31.3 Å². The highest BCUT2D eigenvalue weighted by atomic mass is 16.5. The van der Waals surface area contributed by atoms with Gasteiger partial charge in [-0.2, -0.15) is 4.98 Å². The van der Waals surface area contributed by atoms with E-state index in [1.165, 1.54) is 0 Å².